The van der Waals surface area contributed by atoms with Crippen molar-refractivity contribution in [2.45, 2.75) is 26.7 Å². The van der Waals surface area contributed by atoms with Gasteiger partial charge < -0.3 is 14.8 Å². The number of hydrogen-bond acceptors (Lipinski definition) is 4. The van der Waals surface area contributed by atoms with E-state index in [0.29, 0.717) is 12.3 Å². The summed E-state index contributed by atoms with van der Waals surface area (Å²) in [5.41, 5.74) is -0.00909. The normalized spacial score (nSPS) is 14.2. The highest BCUT2D eigenvalue weighted by Gasteiger charge is 2.49. The third kappa shape index (κ3) is 5.02. The third-order valence-electron chi connectivity index (χ3n) is 5.83. The molecule has 0 unspecified atom stereocenters. The van der Waals surface area contributed by atoms with E-state index in [4.69, 9.17) is 9.47 Å². The Morgan fingerprint density at radius 2 is 1.61 bits per heavy atom. The number of nitrogens with one attached hydrogen (secondary N) is 1. The lowest BCUT2D eigenvalue weighted by atomic mass is 9.68. The van der Waals surface area contributed by atoms with Crippen LogP contribution in [0, 0.1) is 22.2 Å². The second-order valence-corrected chi connectivity index (χ2v) is 9.50. The molecule has 172 valence electrons. The summed E-state index contributed by atoms with van der Waals surface area (Å²) in [4.78, 5) is 13.8. The number of fused-ring (bicyclic) bond motifs is 1. The fraction of sp³-hybridized carbons (Fsp3) is 0.357. The summed E-state index contributed by atoms with van der Waals surface area (Å²) in [6.07, 6.45) is 0. The van der Waals surface area contributed by atoms with E-state index in [-0.39, 0.29) is 17.9 Å². The summed E-state index contributed by atoms with van der Waals surface area (Å²) in [6.45, 7) is 6.50. The first-order valence-electron chi connectivity index (χ1n) is 11.1. The smallest absolute Gasteiger partial charge is 0.243 e. The highest BCUT2D eigenvalue weighted by molar-refractivity contribution is 5.92. The average molecular weight is 445 g/mol. The zero-order valence-electron chi connectivity index (χ0n) is 20.0. The fourth-order valence-corrected chi connectivity index (χ4v) is 4.26. The van der Waals surface area contributed by atoms with Crippen molar-refractivity contribution < 1.29 is 14.3 Å². The van der Waals surface area contributed by atoms with Crippen LogP contribution in [-0.2, 0) is 9.53 Å². The molecule has 0 aromatic heterocycles. The van der Waals surface area contributed by atoms with E-state index < -0.39 is 11.3 Å². The molecule has 2 atom stereocenters. The molecule has 0 saturated carbocycles. The predicted molar refractivity (Wildman–Crippen MR) is 131 cm³/mol. The Morgan fingerprint density at radius 1 is 0.970 bits per heavy atom. The number of rotatable bonds is 8. The highest BCUT2D eigenvalue weighted by Crippen LogP contribution is 2.47. The number of carbonyl (C=O) groups excluding carboxylic acids is 1. The molecule has 3 aromatic rings. The Morgan fingerprint density at radius 3 is 2.27 bits per heavy atom. The lowest BCUT2D eigenvalue weighted by Crippen LogP contribution is -2.49. The van der Waals surface area contributed by atoms with Gasteiger partial charge in [0, 0.05) is 25.1 Å². The van der Waals surface area contributed by atoms with Crippen LogP contribution in [0.1, 0.15) is 37.8 Å². The SMILES string of the molecule is COC[C@](C#N)(C(=O)NCC(C)(C)C)[C@H](c1ccccc1OC)c1cccc2ccccc12. The Balaban J connectivity index is 2.32. The van der Waals surface area contributed by atoms with Crippen molar-refractivity contribution in [3.8, 4) is 11.8 Å². The molecule has 3 rings (SSSR count). The zero-order valence-corrected chi connectivity index (χ0v) is 20.0. The molecule has 33 heavy (non-hydrogen) atoms. The Kier molecular flexibility index (Phi) is 7.40. The number of hydrogen-bond donors (Lipinski definition) is 1. The van der Waals surface area contributed by atoms with Gasteiger partial charge in [-0.1, -0.05) is 81.4 Å². The minimum absolute atomic E-state index is 0.0641. The summed E-state index contributed by atoms with van der Waals surface area (Å²) < 4.78 is 11.2. The second kappa shape index (κ2) is 10.1. The Labute approximate surface area is 196 Å². The number of nitrogens with zero attached hydrogens (tertiary/aromatic N) is 1. The molecule has 0 fully saturated rings. The van der Waals surface area contributed by atoms with Gasteiger partial charge in [0.05, 0.1) is 19.8 Å². The van der Waals surface area contributed by atoms with Gasteiger partial charge in [0.15, 0.2) is 5.41 Å². The molecule has 0 aliphatic rings. The number of para-hydroxylation sites is 1. The van der Waals surface area contributed by atoms with Gasteiger partial charge in [-0.15, -0.1) is 0 Å². The summed E-state index contributed by atoms with van der Waals surface area (Å²) in [6, 6.07) is 23.9. The van der Waals surface area contributed by atoms with E-state index in [9.17, 15) is 10.1 Å². The number of ether oxygens (including phenoxy) is 2. The van der Waals surface area contributed by atoms with E-state index >= 15 is 0 Å². The van der Waals surface area contributed by atoms with Gasteiger partial charge in [0.2, 0.25) is 5.91 Å². The van der Waals surface area contributed by atoms with Crippen LogP contribution in [0.3, 0.4) is 0 Å². The van der Waals surface area contributed by atoms with Crippen LogP contribution < -0.4 is 10.1 Å². The first-order valence-corrected chi connectivity index (χ1v) is 11.1. The number of benzene rings is 3. The van der Waals surface area contributed by atoms with Crippen molar-refractivity contribution >= 4 is 16.7 Å². The van der Waals surface area contributed by atoms with Gasteiger partial charge in [0.1, 0.15) is 5.75 Å². The maximum absolute atomic E-state index is 13.8. The van der Waals surface area contributed by atoms with Crippen molar-refractivity contribution in [2.75, 3.05) is 27.4 Å². The Hall–Kier alpha value is -3.36. The van der Waals surface area contributed by atoms with Crippen LogP contribution in [0.25, 0.3) is 10.8 Å². The monoisotopic (exact) mass is 444 g/mol. The van der Waals surface area contributed by atoms with E-state index in [1.165, 1.54) is 7.11 Å². The topological polar surface area (TPSA) is 71.3 Å². The minimum atomic E-state index is -1.52. The van der Waals surface area contributed by atoms with Gasteiger partial charge in [-0.05, 0) is 27.8 Å². The molecule has 0 spiro atoms. The van der Waals surface area contributed by atoms with Gasteiger partial charge in [-0.25, -0.2) is 0 Å². The molecule has 1 amide bonds. The molecular weight excluding hydrogens is 412 g/mol. The van der Waals surface area contributed by atoms with Crippen LogP contribution in [-0.4, -0.2) is 33.3 Å². The first-order chi connectivity index (χ1) is 15.8. The van der Waals surface area contributed by atoms with Crippen molar-refractivity contribution in [1.82, 2.24) is 5.32 Å². The molecule has 5 heteroatoms. The molecule has 0 heterocycles. The molecule has 0 radical (unpaired) electrons. The summed E-state index contributed by atoms with van der Waals surface area (Å²) in [5.74, 6) is -0.356. The Bertz CT molecular complexity index is 1150. The molecule has 1 N–H and O–H groups in total. The van der Waals surface area contributed by atoms with Crippen LogP contribution in [0.4, 0.5) is 0 Å². The number of nitriles is 1. The van der Waals surface area contributed by atoms with E-state index in [1.807, 2.05) is 87.5 Å². The van der Waals surface area contributed by atoms with Gasteiger partial charge in [-0.3, -0.25) is 4.79 Å². The molecule has 0 bridgehead atoms. The number of amides is 1. The maximum Gasteiger partial charge on any atom is 0.243 e. The summed E-state index contributed by atoms with van der Waals surface area (Å²) >= 11 is 0. The van der Waals surface area contributed by atoms with Crippen LogP contribution in [0.15, 0.2) is 66.7 Å². The lowest BCUT2D eigenvalue weighted by molar-refractivity contribution is -0.131. The molecule has 0 saturated heterocycles. The number of methoxy groups -OCH3 is 2. The predicted octanol–water partition coefficient (Wildman–Crippen LogP) is 5.30. The van der Waals surface area contributed by atoms with Gasteiger partial charge >= 0.3 is 0 Å². The second-order valence-electron chi connectivity index (χ2n) is 9.50. The van der Waals surface area contributed by atoms with Crippen molar-refractivity contribution in [2.24, 2.45) is 10.8 Å². The van der Waals surface area contributed by atoms with Crippen LogP contribution in [0.5, 0.6) is 5.75 Å². The molecule has 5 nitrogen and oxygen atoms in total. The standard InChI is InChI=1S/C28H32N2O3/c1-27(2,3)18-30-26(31)28(17-29,19-32-4)25(23-14-8-9-16-24(23)33-5)22-15-10-12-20-11-6-7-13-21(20)22/h6-16,25H,18-19H2,1-5H3,(H,30,31)/t25-,28-/m0/s1. The highest BCUT2D eigenvalue weighted by atomic mass is 16.5. The molecular formula is C28H32N2O3. The minimum Gasteiger partial charge on any atom is -0.496 e. The van der Waals surface area contributed by atoms with Crippen molar-refractivity contribution in [1.29, 1.82) is 5.26 Å². The van der Waals surface area contributed by atoms with E-state index in [2.05, 4.69) is 11.4 Å². The van der Waals surface area contributed by atoms with E-state index in [1.54, 1.807) is 7.11 Å². The quantitative estimate of drug-likeness (QED) is 0.512. The van der Waals surface area contributed by atoms with E-state index in [0.717, 1.165) is 21.9 Å². The largest absolute Gasteiger partial charge is 0.496 e. The number of carbonyl (C=O) groups is 1. The van der Waals surface area contributed by atoms with Crippen LogP contribution in [0.2, 0.25) is 0 Å². The molecule has 3 aromatic carbocycles. The molecule has 0 aliphatic carbocycles. The fourth-order valence-electron chi connectivity index (χ4n) is 4.26. The molecule has 0 aliphatic heterocycles. The lowest BCUT2D eigenvalue weighted by Gasteiger charge is -2.36. The van der Waals surface area contributed by atoms with Gasteiger partial charge in [-0.2, -0.15) is 5.26 Å². The first kappa shape index (κ1) is 24.3. The van der Waals surface area contributed by atoms with Crippen molar-refractivity contribution in [3.63, 3.8) is 0 Å². The van der Waals surface area contributed by atoms with Crippen LogP contribution >= 0.6 is 0 Å². The average Bonchev–Trinajstić information content (AvgIpc) is 2.82. The summed E-state index contributed by atoms with van der Waals surface area (Å²) in [7, 11) is 3.12. The van der Waals surface area contributed by atoms with Crippen molar-refractivity contribution in [3.05, 3.63) is 77.9 Å². The van der Waals surface area contributed by atoms with Gasteiger partial charge in [0.25, 0.3) is 0 Å². The zero-order chi connectivity index (χ0) is 24.1. The maximum atomic E-state index is 13.8. The third-order valence-corrected chi connectivity index (χ3v) is 5.83. The summed E-state index contributed by atoms with van der Waals surface area (Å²) in [5, 5.41) is 15.6.